The maximum atomic E-state index is 12.3. The predicted molar refractivity (Wildman–Crippen MR) is 109 cm³/mol. The summed E-state index contributed by atoms with van der Waals surface area (Å²) in [4.78, 5) is 14.1. The highest BCUT2D eigenvalue weighted by atomic mass is 16.5. The first-order valence-corrected chi connectivity index (χ1v) is 9.67. The van der Waals surface area contributed by atoms with Crippen LogP contribution in [0.1, 0.15) is 49.4 Å². The number of para-hydroxylation sites is 1. The van der Waals surface area contributed by atoms with Crippen molar-refractivity contribution in [1.29, 1.82) is 0 Å². The molecule has 0 heterocycles. The zero-order valence-electron chi connectivity index (χ0n) is 17.1. The van der Waals surface area contributed by atoms with Crippen LogP contribution in [0, 0.1) is 13.8 Å². The number of carbonyl (C=O) groups excluding carboxylic acids is 1. The molecule has 0 bridgehead atoms. The molecule has 0 fully saturated rings. The van der Waals surface area contributed by atoms with E-state index in [0.717, 1.165) is 16.7 Å². The highest BCUT2D eigenvalue weighted by molar-refractivity contribution is 5.77. The monoisotopic (exact) mass is 369 g/mol. The predicted octanol–water partition coefficient (Wildman–Crippen LogP) is 4.20. The zero-order chi connectivity index (χ0) is 20.0. The fraction of sp³-hybridized carbons (Fsp3) is 0.435. The van der Waals surface area contributed by atoms with Crippen LogP contribution in [0.15, 0.2) is 42.5 Å². The number of benzene rings is 2. The molecule has 0 radical (unpaired) electrons. The Labute approximate surface area is 162 Å². The average Bonchev–Trinajstić information content (AvgIpc) is 2.68. The molecule has 1 unspecified atom stereocenters. The summed E-state index contributed by atoms with van der Waals surface area (Å²) >= 11 is 0. The summed E-state index contributed by atoms with van der Waals surface area (Å²) in [7, 11) is 0. The van der Waals surface area contributed by atoms with Crippen molar-refractivity contribution >= 4 is 5.91 Å². The van der Waals surface area contributed by atoms with Crippen LogP contribution in [0.2, 0.25) is 0 Å². The minimum absolute atomic E-state index is 0.0364. The third-order valence-electron chi connectivity index (χ3n) is 5.15. The maximum absolute atomic E-state index is 12.3. The maximum Gasteiger partial charge on any atom is 0.260 e. The Morgan fingerprint density at radius 1 is 1.04 bits per heavy atom. The first-order valence-electron chi connectivity index (χ1n) is 9.67. The van der Waals surface area contributed by atoms with E-state index in [0.29, 0.717) is 30.8 Å². The Kier molecular flexibility index (Phi) is 7.03. The summed E-state index contributed by atoms with van der Waals surface area (Å²) in [6, 6.07) is 13.5. The van der Waals surface area contributed by atoms with Crippen molar-refractivity contribution < 1.29 is 14.6 Å². The molecule has 4 nitrogen and oxygen atoms in total. The molecule has 2 rings (SSSR count). The van der Waals surface area contributed by atoms with Crippen LogP contribution < -0.4 is 4.74 Å². The lowest BCUT2D eigenvalue weighted by molar-refractivity contribution is -0.133. The SMILES string of the molecule is CCN(CC)C(=O)COc1ccccc1C(O)(CC)c1cc(C)ccc1C. The van der Waals surface area contributed by atoms with E-state index in [1.54, 1.807) is 4.90 Å². The molecule has 146 valence electrons. The lowest BCUT2D eigenvalue weighted by Crippen LogP contribution is -2.35. The highest BCUT2D eigenvalue weighted by Gasteiger charge is 2.34. The van der Waals surface area contributed by atoms with Gasteiger partial charge < -0.3 is 14.7 Å². The minimum Gasteiger partial charge on any atom is -0.483 e. The number of hydrogen-bond donors (Lipinski definition) is 1. The van der Waals surface area contributed by atoms with E-state index in [2.05, 4.69) is 0 Å². The third-order valence-corrected chi connectivity index (χ3v) is 5.15. The number of ether oxygens (including phenoxy) is 1. The van der Waals surface area contributed by atoms with Crippen molar-refractivity contribution in [3.05, 3.63) is 64.7 Å². The Balaban J connectivity index is 2.40. The summed E-state index contributed by atoms with van der Waals surface area (Å²) < 4.78 is 5.87. The molecule has 4 heteroatoms. The topological polar surface area (TPSA) is 49.8 Å². The number of likely N-dealkylation sites (N-methyl/N-ethyl adjacent to an activating group) is 1. The minimum atomic E-state index is -1.18. The van der Waals surface area contributed by atoms with Crippen molar-refractivity contribution in [2.45, 2.75) is 46.6 Å². The van der Waals surface area contributed by atoms with Gasteiger partial charge in [-0.3, -0.25) is 4.79 Å². The number of amides is 1. The number of aliphatic hydroxyl groups is 1. The molecule has 1 amide bonds. The van der Waals surface area contributed by atoms with Gasteiger partial charge in [0.15, 0.2) is 6.61 Å². The molecule has 0 aromatic heterocycles. The van der Waals surface area contributed by atoms with Gasteiger partial charge in [0.1, 0.15) is 11.4 Å². The van der Waals surface area contributed by atoms with Gasteiger partial charge in [-0.1, -0.05) is 48.9 Å². The molecule has 0 saturated carbocycles. The average molecular weight is 370 g/mol. The summed E-state index contributed by atoms with van der Waals surface area (Å²) in [6.45, 7) is 11.2. The van der Waals surface area contributed by atoms with Gasteiger partial charge in [0, 0.05) is 18.7 Å². The zero-order valence-corrected chi connectivity index (χ0v) is 17.1. The molecule has 27 heavy (non-hydrogen) atoms. The molecular formula is C23H31NO3. The van der Waals surface area contributed by atoms with Gasteiger partial charge in [-0.05, 0) is 51.3 Å². The van der Waals surface area contributed by atoms with Gasteiger partial charge >= 0.3 is 0 Å². The molecule has 0 aliphatic carbocycles. The van der Waals surface area contributed by atoms with Crippen LogP contribution in [0.4, 0.5) is 0 Å². The van der Waals surface area contributed by atoms with Crippen LogP contribution in [0.3, 0.4) is 0 Å². The van der Waals surface area contributed by atoms with E-state index in [1.807, 2.05) is 77.1 Å². The second-order valence-corrected chi connectivity index (χ2v) is 6.88. The van der Waals surface area contributed by atoms with Crippen molar-refractivity contribution in [3.8, 4) is 5.75 Å². The molecule has 0 saturated heterocycles. The van der Waals surface area contributed by atoms with Crippen LogP contribution >= 0.6 is 0 Å². The molecule has 0 spiro atoms. The summed E-state index contributed by atoms with van der Waals surface area (Å²) in [5, 5.41) is 11.6. The van der Waals surface area contributed by atoms with Gasteiger partial charge in [0.05, 0.1) is 0 Å². The number of aryl methyl sites for hydroxylation is 2. The van der Waals surface area contributed by atoms with Crippen LogP contribution in [-0.4, -0.2) is 35.6 Å². The number of carbonyl (C=O) groups is 1. The first-order chi connectivity index (χ1) is 12.9. The molecule has 2 aromatic rings. The lowest BCUT2D eigenvalue weighted by Gasteiger charge is -2.31. The molecule has 1 atom stereocenters. The normalized spacial score (nSPS) is 13.1. The van der Waals surface area contributed by atoms with Gasteiger partial charge in [-0.15, -0.1) is 0 Å². The van der Waals surface area contributed by atoms with Crippen molar-refractivity contribution in [1.82, 2.24) is 4.90 Å². The summed E-state index contributed by atoms with van der Waals surface area (Å²) in [6.07, 6.45) is 0.502. The summed E-state index contributed by atoms with van der Waals surface area (Å²) in [5.41, 5.74) is 2.51. The van der Waals surface area contributed by atoms with E-state index in [9.17, 15) is 9.90 Å². The first kappa shape index (κ1) is 21.0. The quantitative estimate of drug-likeness (QED) is 0.759. The standard InChI is InChI=1S/C23H31NO3/c1-6-23(26,20-15-17(4)13-14-18(20)5)19-11-9-10-12-21(19)27-16-22(25)24(7-2)8-3/h9-15,26H,6-8,16H2,1-5H3. The third kappa shape index (κ3) is 4.51. The molecule has 0 aliphatic rings. The van der Waals surface area contributed by atoms with Gasteiger partial charge in [-0.25, -0.2) is 0 Å². The van der Waals surface area contributed by atoms with Crippen molar-refractivity contribution in [2.24, 2.45) is 0 Å². The smallest absolute Gasteiger partial charge is 0.260 e. The van der Waals surface area contributed by atoms with Crippen molar-refractivity contribution in [2.75, 3.05) is 19.7 Å². The molecular weight excluding hydrogens is 338 g/mol. The number of rotatable bonds is 8. The second kappa shape index (κ2) is 9.05. The molecule has 0 aliphatic heterocycles. The fourth-order valence-corrected chi connectivity index (χ4v) is 3.45. The van der Waals surface area contributed by atoms with Gasteiger partial charge in [0.2, 0.25) is 0 Å². The highest BCUT2D eigenvalue weighted by Crippen LogP contribution is 2.39. The largest absolute Gasteiger partial charge is 0.483 e. The Hall–Kier alpha value is -2.33. The van der Waals surface area contributed by atoms with E-state index in [1.165, 1.54) is 0 Å². The summed E-state index contributed by atoms with van der Waals surface area (Å²) in [5.74, 6) is 0.491. The van der Waals surface area contributed by atoms with Crippen molar-refractivity contribution in [3.63, 3.8) is 0 Å². The van der Waals surface area contributed by atoms with Gasteiger partial charge in [-0.2, -0.15) is 0 Å². The van der Waals surface area contributed by atoms with Gasteiger partial charge in [0.25, 0.3) is 5.91 Å². The number of nitrogens with zero attached hydrogens (tertiary/aromatic N) is 1. The molecule has 2 aromatic carbocycles. The van der Waals surface area contributed by atoms with Crippen LogP contribution in [-0.2, 0) is 10.4 Å². The Morgan fingerprint density at radius 3 is 2.33 bits per heavy atom. The van der Waals surface area contributed by atoms with Crippen LogP contribution in [0.5, 0.6) is 5.75 Å². The van der Waals surface area contributed by atoms with E-state index in [-0.39, 0.29) is 12.5 Å². The second-order valence-electron chi connectivity index (χ2n) is 6.88. The van der Waals surface area contributed by atoms with E-state index >= 15 is 0 Å². The fourth-order valence-electron chi connectivity index (χ4n) is 3.45. The van der Waals surface area contributed by atoms with E-state index in [4.69, 9.17) is 4.74 Å². The number of hydrogen-bond acceptors (Lipinski definition) is 3. The Morgan fingerprint density at radius 2 is 1.70 bits per heavy atom. The van der Waals surface area contributed by atoms with Crippen LogP contribution in [0.25, 0.3) is 0 Å². The lowest BCUT2D eigenvalue weighted by atomic mass is 9.81. The Bertz CT molecular complexity index is 783. The van der Waals surface area contributed by atoms with E-state index < -0.39 is 5.60 Å². The molecule has 1 N–H and O–H groups in total.